The van der Waals surface area contributed by atoms with E-state index in [0.717, 1.165) is 23.6 Å². The summed E-state index contributed by atoms with van der Waals surface area (Å²) in [6, 6.07) is 14.8. The van der Waals surface area contributed by atoms with Gasteiger partial charge in [0, 0.05) is 30.7 Å². The summed E-state index contributed by atoms with van der Waals surface area (Å²) >= 11 is 5.89. The van der Waals surface area contributed by atoms with E-state index in [1.54, 1.807) is 19.2 Å². The van der Waals surface area contributed by atoms with Gasteiger partial charge in [-0.25, -0.2) is 0 Å². The van der Waals surface area contributed by atoms with Crippen molar-refractivity contribution in [3.05, 3.63) is 70.2 Å². The Balaban J connectivity index is 0.00000420. The van der Waals surface area contributed by atoms with Crippen molar-refractivity contribution in [3.63, 3.8) is 0 Å². The second kappa shape index (κ2) is 13.0. The molecule has 0 unspecified atom stereocenters. The van der Waals surface area contributed by atoms with Crippen molar-refractivity contribution in [1.82, 2.24) is 16.0 Å². The number of nitrogens with one attached hydrogen (secondary N) is 3. The lowest BCUT2D eigenvalue weighted by molar-refractivity contribution is -0.117. The monoisotopic (exact) mass is 529 g/mol. The lowest BCUT2D eigenvalue weighted by Gasteiger charge is -2.12. The van der Waals surface area contributed by atoms with Crippen molar-refractivity contribution < 1.29 is 9.59 Å². The number of guanidine groups is 1. The molecule has 2 amide bonds. The maximum Gasteiger partial charge on any atom is 0.251 e. The lowest BCUT2D eigenvalue weighted by atomic mass is 10.1. The Bertz CT molecular complexity index is 826. The average Bonchev–Trinajstić information content (AvgIpc) is 2.70. The van der Waals surface area contributed by atoms with Crippen LogP contribution in [0.1, 0.15) is 21.5 Å². The molecule has 0 fully saturated rings. The first-order valence-corrected chi connectivity index (χ1v) is 9.20. The lowest BCUT2D eigenvalue weighted by Crippen LogP contribution is -2.37. The van der Waals surface area contributed by atoms with Crippen LogP contribution in [0.5, 0.6) is 0 Å². The molecule has 2 aromatic carbocycles. The van der Waals surface area contributed by atoms with Crippen molar-refractivity contribution in [2.75, 3.05) is 20.1 Å². The molecule has 0 aliphatic rings. The van der Waals surface area contributed by atoms with Gasteiger partial charge in [-0.3, -0.25) is 14.6 Å². The molecule has 0 aromatic heterocycles. The number of halogens is 2. The van der Waals surface area contributed by atoms with Crippen molar-refractivity contribution in [3.8, 4) is 0 Å². The highest BCUT2D eigenvalue weighted by atomic mass is 127. The minimum atomic E-state index is -0.580. The molecule has 0 heterocycles. The fourth-order valence-corrected chi connectivity index (χ4v) is 2.55. The number of hydrogen-bond donors (Lipinski definition) is 4. The first-order chi connectivity index (χ1) is 13.5. The number of benzene rings is 2. The quantitative estimate of drug-likeness (QED) is 0.239. The molecule has 29 heavy (non-hydrogen) atoms. The summed E-state index contributed by atoms with van der Waals surface area (Å²) in [7, 11) is 1.71. The molecule has 2 rings (SSSR count). The third-order valence-electron chi connectivity index (χ3n) is 3.94. The van der Waals surface area contributed by atoms with Crippen LogP contribution in [0.4, 0.5) is 0 Å². The molecular formula is C20H25ClIN5O2. The number of carbonyl (C=O) groups is 2. The number of hydrogen-bond acceptors (Lipinski definition) is 3. The van der Waals surface area contributed by atoms with Gasteiger partial charge in [-0.15, -0.1) is 24.0 Å². The summed E-state index contributed by atoms with van der Waals surface area (Å²) < 4.78 is 0. The third kappa shape index (κ3) is 9.14. The van der Waals surface area contributed by atoms with E-state index in [2.05, 4.69) is 20.9 Å². The summed E-state index contributed by atoms with van der Waals surface area (Å²) in [6.45, 7) is 1.12. The zero-order chi connectivity index (χ0) is 20.4. The summed E-state index contributed by atoms with van der Waals surface area (Å²) in [5, 5.41) is 9.66. The zero-order valence-corrected chi connectivity index (χ0v) is 19.2. The van der Waals surface area contributed by atoms with Crippen molar-refractivity contribution >= 4 is 53.4 Å². The van der Waals surface area contributed by atoms with Crippen LogP contribution in [-0.4, -0.2) is 37.9 Å². The van der Waals surface area contributed by atoms with Gasteiger partial charge in [-0.05, 0) is 41.8 Å². The van der Waals surface area contributed by atoms with Crippen LogP contribution >= 0.6 is 35.6 Å². The van der Waals surface area contributed by atoms with E-state index in [4.69, 9.17) is 17.3 Å². The number of nitrogens with zero attached hydrogens (tertiary/aromatic N) is 1. The minimum absolute atomic E-state index is 0. The largest absolute Gasteiger partial charge is 0.368 e. The summed E-state index contributed by atoms with van der Waals surface area (Å²) in [5.74, 6) is -0.223. The Morgan fingerprint density at radius 1 is 0.966 bits per heavy atom. The number of primary amides is 1. The van der Waals surface area contributed by atoms with Crippen LogP contribution in [0, 0.1) is 0 Å². The molecular weight excluding hydrogens is 505 g/mol. The third-order valence-corrected chi connectivity index (χ3v) is 4.19. The molecule has 7 nitrogen and oxygen atoms in total. The van der Waals surface area contributed by atoms with Crippen LogP contribution in [0.2, 0.25) is 5.02 Å². The van der Waals surface area contributed by atoms with Gasteiger partial charge in [-0.1, -0.05) is 35.9 Å². The number of rotatable bonds is 8. The van der Waals surface area contributed by atoms with Crippen LogP contribution in [-0.2, 0) is 17.8 Å². The number of nitrogens with two attached hydrogens (primary N) is 1. The van der Waals surface area contributed by atoms with Gasteiger partial charge >= 0.3 is 0 Å². The molecule has 0 saturated carbocycles. The maximum atomic E-state index is 11.9. The Labute approximate surface area is 192 Å². The topological polar surface area (TPSA) is 109 Å². The van der Waals surface area contributed by atoms with Gasteiger partial charge in [0.05, 0.1) is 6.54 Å². The zero-order valence-electron chi connectivity index (χ0n) is 16.1. The van der Waals surface area contributed by atoms with E-state index >= 15 is 0 Å². The smallest absolute Gasteiger partial charge is 0.251 e. The predicted octanol–water partition coefficient (Wildman–Crippen LogP) is 2.08. The Morgan fingerprint density at radius 2 is 1.59 bits per heavy atom. The van der Waals surface area contributed by atoms with Gasteiger partial charge in [-0.2, -0.15) is 0 Å². The molecule has 0 spiro atoms. The summed E-state index contributed by atoms with van der Waals surface area (Å²) in [5.41, 5.74) is 7.67. The van der Waals surface area contributed by atoms with Gasteiger partial charge in [0.15, 0.2) is 5.96 Å². The van der Waals surface area contributed by atoms with E-state index in [0.29, 0.717) is 18.1 Å². The first kappa shape index (κ1) is 24.7. The van der Waals surface area contributed by atoms with E-state index < -0.39 is 5.91 Å². The molecule has 9 heteroatoms. The van der Waals surface area contributed by atoms with Gasteiger partial charge in [0.25, 0.3) is 5.91 Å². The fraction of sp³-hybridized carbons (Fsp3) is 0.250. The number of amides is 2. The fourth-order valence-electron chi connectivity index (χ4n) is 2.43. The molecule has 0 radical (unpaired) electrons. The Morgan fingerprint density at radius 3 is 2.17 bits per heavy atom. The number of aliphatic imine (C=N–C) groups is 1. The normalized spacial score (nSPS) is 10.6. The predicted molar refractivity (Wildman–Crippen MR) is 127 cm³/mol. The molecule has 2 aromatic rings. The van der Waals surface area contributed by atoms with Gasteiger partial charge < -0.3 is 21.7 Å². The van der Waals surface area contributed by atoms with Crippen molar-refractivity contribution in [1.29, 1.82) is 0 Å². The molecule has 0 atom stereocenters. The maximum absolute atomic E-state index is 11.9. The Kier molecular flexibility index (Phi) is 11.1. The minimum Gasteiger partial charge on any atom is -0.368 e. The standard InChI is InChI=1S/C20H24ClN5O2.HI/c1-23-20(24-11-10-14-4-8-17(21)9-5-14)26-12-15-2-6-16(7-3-15)19(28)25-13-18(22)27;/h2-9H,10-13H2,1H3,(H2,22,27)(H,25,28)(H2,23,24,26);1H. The highest BCUT2D eigenvalue weighted by Crippen LogP contribution is 2.09. The summed E-state index contributed by atoms with van der Waals surface area (Å²) in [4.78, 5) is 26.8. The van der Waals surface area contributed by atoms with Crippen LogP contribution in [0.3, 0.4) is 0 Å². The second-order valence-corrected chi connectivity index (χ2v) is 6.51. The SMILES string of the molecule is CN=C(NCCc1ccc(Cl)cc1)NCc1ccc(C(=O)NCC(N)=O)cc1.I. The first-order valence-electron chi connectivity index (χ1n) is 8.82. The van der Waals surface area contributed by atoms with Crippen molar-refractivity contribution in [2.24, 2.45) is 10.7 Å². The molecule has 0 aliphatic heterocycles. The van der Waals surface area contributed by atoms with Crippen LogP contribution in [0.25, 0.3) is 0 Å². The van der Waals surface area contributed by atoms with Crippen LogP contribution in [0.15, 0.2) is 53.5 Å². The van der Waals surface area contributed by atoms with E-state index in [-0.39, 0.29) is 36.4 Å². The Hall–Kier alpha value is -2.33. The number of carbonyl (C=O) groups excluding carboxylic acids is 2. The molecule has 156 valence electrons. The van der Waals surface area contributed by atoms with Gasteiger partial charge in [0.2, 0.25) is 5.91 Å². The molecule has 0 aliphatic carbocycles. The molecule has 0 saturated heterocycles. The van der Waals surface area contributed by atoms with Crippen molar-refractivity contribution in [2.45, 2.75) is 13.0 Å². The highest BCUT2D eigenvalue weighted by Gasteiger charge is 2.06. The van der Waals surface area contributed by atoms with E-state index in [1.165, 1.54) is 5.56 Å². The molecule has 5 N–H and O–H groups in total. The highest BCUT2D eigenvalue weighted by molar-refractivity contribution is 14.0. The van der Waals surface area contributed by atoms with Crippen LogP contribution < -0.4 is 21.7 Å². The molecule has 0 bridgehead atoms. The summed E-state index contributed by atoms with van der Waals surface area (Å²) in [6.07, 6.45) is 0.854. The second-order valence-electron chi connectivity index (χ2n) is 6.07. The van der Waals surface area contributed by atoms with E-state index in [1.807, 2.05) is 36.4 Å². The van der Waals surface area contributed by atoms with E-state index in [9.17, 15) is 9.59 Å². The average molecular weight is 530 g/mol. The van der Waals surface area contributed by atoms with Gasteiger partial charge in [0.1, 0.15) is 0 Å².